The van der Waals surface area contributed by atoms with E-state index in [2.05, 4.69) is 10.6 Å². The summed E-state index contributed by atoms with van der Waals surface area (Å²) in [6.45, 7) is 0.460. The third-order valence-corrected chi connectivity index (χ3v) is 4.94. The number of carbonyl (C=O) groups excluding carboxylic acids is 2. The minimum absolute atomic E-state index is 0.00142. The molecular weight excluding hydrogens is 322 g/mol. The van der Waals surface area contributed by atoms with Gasteiger partial charge in [-0.3, -0.25) is 9.59 Å². The summed E-state index contributed by atoms with van der Waals surface area (Å²) in [5.74, 6) is -1.06. The van der Waals surface area contributed by atoms with Crippen LogP contribution in [0, 0.1) is 5.92 Å². The van der Waals surface area contributed by atoms with Crippen molar-refractivity contribution in [1.82, 2.24) is 10.6 Å². The van der Waals surface area contributed by atoms with Gasteiger partial charge in [-0.05, 0) is 37.8 Å². The summed E-state index contributed by atoms with van der Waals surface area (Å²) in [7, 11) is 0. The molecule has 1 aliphatic heterocycles. The zero-order valence-electron chi connectivity index (χ0n) is 14.0. The lowest BCUT2D eigenvalue weighted by molar-refractivity contribution is -0.142. The second-order valence-corrected chi connectivity index (χ2v) is 6.75. The van der Waals surface area contributed by atoms with Crippen molar-refractivity contribution in [3.05, 3.63) is 30.3 Å². The van der Waals surface area contributed by atoms with Crippen LogP contribution in [0.15, 0.2) is 30.3 Å². The normalized spacial score (nSPS) is 26.3. The Labute approximate surface area is 146 Å². The van der Waals surface area contributed by atoms with Crippen molar-refractivity contribution in [1.29, 1.82) is 0 Å². The van der Waals surface area contributed by atoms with Crippen LogP contribution in [-0.4, -0.2) is 41.6 Å². The summed E-state index contributed by atoms with van der Waals surface area (Å²) in [4.78, 5) is 37.0. The molecule has 134 valence electrons. The van der Waals surface area contributed by atoms with Gasteiger partial charge in [-0.15, -0.1) is 0 Å². The molecule has 0 bridgehead atoms. The Balaban J connectivity index is 1.46. The number of hydrogen-bond donors (Lipinski definition) is 3. The van der Waals surface area contributed by atoms with Gasteiger partial charge in [0.05, 0.1) is 12.0 Å². The number of carbonyl (C=O) groups is 3. The number of anilines is 1. The number of carboxylic acids is 1. The Morgan fingerprint density at radius 2 is 1.64 bits per heavy atom. The van der Waals surface area contributed by atoms with E-state index in [1.807, 2.05) is 30.3 Å². The summed E-state index contributed by atoms with van der Waals surface area (Å²) in [6.07, 6.45) is 2.80. The quantitative estimate of drug-likeness (QED) is 0.774. The summed E-state index contributed by atoms with van der Waals surface area (Å²) in [5, 5.41) is 14.8. The van der Waals surface area contributed by atoms with Crippen molar-refractivity contribution in [3.63, 3.8) is 0 Å². The van der Waals surface area contributed by atoms with E-state index in [1.165, 1.54) is 0 Å². The van der Waals surface area contributed by atoms with Crippen molar-refractivity contribution >= 4 is 23.6 Å². The minimum Gasteiger partial charge on any atom is -0.481 e. The molecule has 1 saturated heterocycles. The Morgan fingerprint density at radius 3 is 2.28 bits per heavy atom. The average molecular weight is 345 g/mol. The number of nitrogens with zero attached hydrogens (tertiary/aromatic N) is 1. The van der Waals surface area contributed by atoms with Crippen molar-refractivity contribution in [2.75, 3.05) is 11.4 Å². The first-order chi connectivity index (χ1) is 12.0. The van der Waals surface area contributed by atoms with Gasteiger partial charge in [0, 0.05) is 24.7 Å². The maximum absolute atomic E-state index is 12.2. The molecule has 1 aromatic rings. The molecule has 3 N–H and O–H groups in total. The highest BCUT2D eigenvalue weighted by Crippen LogP contribution is 2.24. The molecule has 1 unspecified atom stereocenters. The lowest BCUT2D eigenvalue weighted by atomic mass is 9.86. The largest absolute Gasteiger partial charge is 0.481 e. The molecule has 25 heavy (non-hydrogen) atoms. The van der Waals surface area contributed by atoms with Crippen LogP contribution in [0.3, 0.4) is 0 Å². The number of amides is 3. The van der Waals surface area contributed by atoms with Gasteiger partial charge in [0.15, 0.2) is 0 Å². The molecule has 0 radical (unpaired) electrons. The summed E-state index contributed by atoms with van der Waals surface area (Å²) in [6, 6.07) is 8.90. The van der Waals surface area contributed by atoms with E-state index in [0.717, 1.165) is 5.69 Å². The molecule has 3 amide bonds. The fourth-order valence-electron chi connectivity index (χ4n) is 3.56. The second-order valence-electron chi connectivity index (χ2n) is 6.75. The molecular formula is C18H23N3O4. The Morgan fingerprint density at radius 1 is 1.00 bits per heavy atom. The molecule has 1 aromatic carbocycles. The summed E-state index contributed by atoms with van der Waals surface area (Å²) < 4.78 is 0. The van der Waals surface area contributed by atoms with Crippen LogP contribution in [0.5, 0.6) is 0 Å². The van der Waals surface area contributed by atoms with E-state index < -0.39 is 5.97 Å². The Bertz CT molecular complexity index is 641. The zero-order valence-corrected chi connectivity index (χ0v) is 14.0. The molecule has 1 heterocycles. The maximum Gasteiger partial charge on any atom is 0.315 e. The van der Waals surface area contributed by atoms with E-state index in [0.29, 0.717) is 32.2 Å². The lowest BCUT2D eigenvalue weighted by Gasteiger charge is -2.27. The number of rotatable bonds is 4. The van der Waals surface area contributed by atoms with Crippen molar-refractivity contribution in [2.45, 2.75) is 44.2 Å². The predicted molar refractivity (Wildman–Crippen MR) is 92.2 cm³/mol. The maximum atomic E-state index is 12.2. The summed E-state index contributed by atoms with van der Waals surface area (Å²) >= 11 is 0. The number of para-hydroxylation sites is 1. The highest BCUT2D eigenvalue weighted by molar-refractivity contribution is 5.96. The zero-order chi connectivity index (χ0) is 17.8. The first kappa shape index (κ1) is 17.3. The van der Waals surface area contributed by atoms with E-state index in [4.69, 9.17) is 5.11 Å². The molecule has 7 heteroatoms. The third-order valence-electron chi connectivity index (χ3n) is 4.94. The molecule has 2 aliphatic rings. The van der Waals surface area contributed by atoms with Gasteiger partial charge in [-0.25, -0.2) is 4.79 Å². The number of carboxylic acid groups (broad SMARTS) is 1. The first-order valence-corrected chi connectivity index (χ1v) is 8.68. The van der Waals surface area contributed by atoms with Crippen molar-refractivity contribution < 1.29 is 19.5 Å². The molecule has 1 atom stereocenters. The monoisotopic (exact) mass is 345 g/mol. The van der Waals surface area contributed by atoms with Gasteiger partial charge in [-0.2, -0.15) is 0 Å². The number of hydrogen-bond acceptors (Lipinski definition) is 3. The number of urea groups is 1. The van der Waals surface area contributed by atoms with Crippen molar-refractivity contribution in [2.24, 2.45) is 5.92 Å². The number of aliphatic carboxylic acids is 1. The molecule has 0 spiro atoms. The fraction of sp³-hybridized carbons (Fsp3) is 0.500. The SMILES string of the molecule is O=C(NC1CCC(C(=O)O)CC1)NC1CC(=O)N(c2ccccc2)C1. The van der Waals surface area contributed by atoms with Crippen LogP contribution < -0.4 is 15.5 Å². The molecule has 1 saturated carbocycles. The van der Waals surface area contributed by atoms with E-state index in [-0.39, 0.29) is 36.4 Å². The lowest BCUT2D eigenvalue weighted by Crippen LogP contribution is -2.48. The Kier molecular flexibility index (Phi) is 5.21. The van der Waals surface area contributed by atoms with Crippen molar-refractivity contribution in [3.8, 4) is 0 Å². The van der Waals surface area contributed by atoms with Crippen LogP contribution in [0.2, 0.25) is 0 Å². The minimum atomic E-state index is -0.756. The van der Waals surface area contributed by atoms with Crippen LogP contribution in [0.25, 0.3) is 0 Å². The van der Waals surface area contributed by atoms with Gasteiger partial charge in [-0.1, -0.05) is 18.2 Å². The van der Waals surface area contributed by atoms with Crippen LogP contribution in [-0.2, 0) is 9.59 Å². The number of nitrogens with one attached hydrogen (secondary N) is 2. The Hall–Kier alpha value is -2.57. The first-order valence-electron chi connectivity index (χ1n) is 8.68. The van der Waals surface area contributed by atoms with Crippen LogP contribution in [0.1, 0.15) is 32.1 Å². The van der Waals surface area contributed by atoms with E-state index >= 15 is 0 Å². The topological polar surface area (TPSA) is 98.7 Å². The van der Waals surface area contributed by atoms with Crippen LogP contribution in [0.4, 0.5) is 10.5 Å². The molecule has 0 aromatic heterocycles. The highest BCUT2D eigenvalue weighted by Gasteiger charge is 2.32. The van der Waals surface area contributed by atoms with Crippen LogP contribution >= 0.6 is 0 Å². The molecule has 7 nitrogen and oxygen atoms in total. The molecule has 3 rings (SSSR count). The molecule has 1 aliphatic carbocycles. The van der Waals surface area contributed by atoms with Gasteiger partial charge >= 0.3 is 12.0 Å². The van der Waals surface area contributed by atoms with Gasteiger partial charge in [0.25, 0.3) is 0 Å². The second kappa shape index (κ2) is 7.55. The standard InChI is InChI=1S/C18H23N3O4/c22-16-10-14(11-21(16)15-4-2-1-3-5-15)20-18(25)19-13-8-6-12(7-9-13)17(23)24/h1-5,12-14H,6-11H2,(H,23,24)(H2,19,20,25). The predicted octanol–water partition coefficient (Wildman–Crippen LogP) is 1.73. The summed E-state index contributed by atoms with van der Waals surface area (Å²) in [5.41, 5.74) is 0.837. The van der Waals surface area contributed by atoms with Gasteiger partial charge in [0.1, 0.15) is 0 Å². The van der Waals surface area contributed by atoms with E-state index in [1.54, 1.807) is 4.90 Å². The smallest absolute Gasteiger partial charge is 0.315 e. The average Bonchev–Trinajstić information content (AvgIpc) is 2.96. The highest BCUT2D eigenvalue weighted by atomic mass is 16.4. The van der Waals surface area contributed by atoms with Gasteiger partial charge < -0.3 is 20.6 Å². The fourth-order valence-corrected chi connectivity index (χ4v) is 3.56. The van der Waals surface area contributed by atoms with Gasteiger partial charge in [0.2, 0.25) is 5.91 Å². The third kappa shape index (κ3) is 4.29. The molecule has 2 fully saturated rings. The van der Waals surface area contributed by atoms with E-state index in [9.17, 15) is 14.4 Å². The number of benzene rings is 1.